The minimum Gasteiger partial charge on any atom is -0.255 e. The Labute approximate surface area is 120 Å². The van der Waals surface area contributed by atoms with Gasteiger partial charge in [-0.05, 0) is 46.9 Å². The fourth-order valence-electron chi connectivity index (χ4n) is 3.31. The quantitative estimate of drug-likeness (QED) is 0.386. The molecule has 0 saturated carbocycles. The number of hydrogen-bond donors (Lipinski definition) is 0. The van der Waals surface area contributed by atoms with E-state index in [1.807, 2.05) is 23.6 Å². The number of nitrogens with zero attached hydrogens (tertiary/aromatic N) is 1. The van der Waals surface area contributed by atoms with Gasteiger partial charge in [0, 0.05) is 16.3 Å². The van der Waals surface area contributed by atoms with Crippen LogP contribution in [-0.4, -0.2) is 4.98 Å². The summed E-state index contributed by atoms with van der Waals surface area (Å²) < 4.78 is 2.64. The molecule has 0 saturated heterocycles. The van der Waals surface area contributed by atoms with E-state index in [0.29, 0.717) is 0 Å². The Bertz CT molecular complexity index is 981. The lowest BCUT2D eigenvalue weighted by molar-refractivity contribution is 1.28. The molecule has 2 aromatic heterocycles. The van der Waals surface area contributed by atoms with Crippen LogP contribution in [0.15, 0.2) is 54.7 Å². The van der Waals surface area contributed by atoms with E-state index < -0.39 is 0 Å². The lowest BCUT2D eigenvalue weighted by Gasteiger charge is -2.02. The standard InChI is InChI=1S/C18H11NS/c1-2-5-12-11(4-1)10-14-13(12)7-8-15-17(14)18-16(20-15)6-3-9-19-18/h1-9H,10H2. The molecule has 0 spiro atoms. The number of thiophene rings is 1. The van der Waals surface area contributed by atoms with Crippen molar-refractivity contribution < 1.29 is 0 Å². The highest BCUT2D eigenvalue weighted by molar-refractivity contribution is 7.25. The van der Waals surface area contributed by atoms with Crippen molar-refractivity contribution in [3.05, 3.63) is 65.9 Å². The summed E-state index contributed by atoms with van der Waals surface area (Å²) in [5, 5.41) is 1.36. The third-order valence-electron chi connectivity index (χ3n) is 4.18. The van der Waals surface area contributed by atoms with Crippen LogP contribution in [0, 0.1) is 0 Å². The second kappa shape index (κ2) is 3.68. The van der Waals surface area contributed by atoms with E-state index in [-0.39, 0.29) is 0 Å². The van der Waals surface area contributed by atoms with Crippen LogP contribution in [0.5, 0.6) is 0 Å². The maximum atomic E-state index is 4.62. The molecule has 0 radical (unpaired) electrons. The lowest BCUT2D eigenvalue weighted by Crippen LogP contribution is -1.83. The van der Waals surface area contributed by atoms with E-state index >= 15 is 0 Å². The summed E-state index contributed by atoms with van der Waals surface area (Å²) in [4.78, 5) is 4.62. The molecule has 1 aliphatic rings. The molecule has 2 heteroatoms. The summed E-state index contributed by atoms with van der Waals surface area (Å²) in [6.07, 6.45) is 2.93. The Morgan fingerprint density at radius 2 is 1.80 bits per heavy atom. The van der Waals surface area contributed by atoms with E-state index in [2.05, 4.69) is 47.4 Å². The number of pyridine rings is 1. The lowest BCUT2D eigenvalue weighted by atomic mass is 10.0. The van der Waals surface area contributed by atoms with Gasteiger partial charge < -0.3 is 0 Å². The van der Waals surface area contributed by atoms with Gasteiger partial charge in [0.05, 0.1) is 10.2 Å². The Morgan fingerprint density at radius 1 is 0.850 bits per heavy atom. The molecule has 0 bridgehead atoms. The SMILES string of the molecule is c1ccc2c(c1)Cc1c-2ccc2sc3cccnc3c12. The number of fused-ring (bicyclic) bond motifs is 7. The molecule has 94 valence electrons. The van der Waals surface area contributed by atoms with Gasteiger partial charge >= 0.3 is 0 Å². The highest BCUT2D eigenvalue weighted by Gasteiger charge is 2.22. The molecule has 0 unspecified atom stereocenters. The van der Waals surface area contributed by atoms with Crippen molar-refractivity contribution in [2.75, 3.05) is 0 Å². The molecule has 1 nitrogen and oxygen atoms in total. The van der Waals surface area contributed by atoms with Crippen molar-refractivity contribution in [2.24, 2.45) is 0 Å². The van der Waals surface area contributed by atoms with Gasteiger partial charge in [0.15, 0.2) is 0 Å². The first kappa shape index (κ1) is 10.6. The van der Waals surface area contributed by atoms with E-state index in [1.54, 1.807) is 0 Å². The van der Waals surface area contributed by atoms with Crippen molar-refractivity contribution in [1.29, 1.82) is 0 Å². The van der Waals surface area contributed by atoms with Crippen LogP contribution in [0.2, 0.25) is 0 Å². The van der Waals surface area contributed by atoms with Crippen LogP contribution < -0.4 is 0 Å². The zero-order chi connectivity index (χ0) is 13.1. The minimum atomic E-state index is 1.03. The molecule has 0 fully saturated rings. The Balaban J connectivity index is 1.96. The summed E-state index contributed by atoms with van der Waals surface area (Å²) >= 11 is 1.84. The first-order valence-electron chi connectivity index (χ1n) is 6.79. The van der Waals surface area contributed by atoms with E-state index in [9.17, 15) is 0 Å². The van der Waals surface area contributed by atoms with Crippen LogP contribution in [0.1, 0.15) is 11.1 Å². The largest absolute Gasteiger partial charge is 0.255 e. The average Bonchev–Trinajstić information content (AvgIpc) is 3.04. The van der Waals surface area contributed by atoms with E-state index in [0.717, 1.165) is 11.9 Å². The highest BCUT2D eigenvalue weighted by atomic mass is 32.1. The van der Waals surface area contributed by atoms with Gasteiger partial charge in [-0.2, -0.15) is 0 Å². The van der Waals surface area contributed by atoms with Gasteiger partial charge in [-0.25, -0.2) is 0 Å². The van der Waals surface area contributed by atoms with Crippen molar-refractivity contribution in [3.8, 4) is 11.1 Å². The molecule has 0 aliphatic heterocycles. The van der Waals surface area contributed by atoms with Crippen LogP contribution in [0.4, 0.5) is 0 Å². The van der Waals surface area contributed by atoms with Gasteiger partial charge in [0.25, 0.3) is 0 Å². The number of aromatic nitrogens is 1. The summed E-state index contributed by atoms with van der Waals surface area (Å²) in [5.74, 6) is 0. The normalized spacial score (nSPS) is 12.8. The second-order valence-corrected chi connectivity index (χ2v) is 6.33. The molecule has 4 aromatic rings. The fourth-order valence-corrected chi connectivity index (χ4v) is 4.41. The molecule has 0 atom stereocenters. The summed E-state index contributed by atoms with van der Waals surface area (Å²) in [6.45, 7) is 0. The topological polar surface area (TPSA) is 12.9 Å². The zero-order valence-electron chi connectivity index (χ0n) is 10.8. The molecule has 1 aliphatic carbocycles. The van der Waals surface area contributed by atoms with Crippen molar-refractivity contribution in [2.45, 2.75) is 6.42 Å². The van der Waals surface area contributed by atoms with Crippen molar-refractivity contribution in [3.63, 3.8) is 0 Å². The molecule has 5 rings (SSSR count). The first-order chi connectivity index (χ1) is 9.92. The fraction of sp³-hybridized carbons (Fsp3) is 0.0556. The van der Waals surface area contributed by atoms with Crippen molar-refractivity contribution in [1.82, 2.24) is 4.98 Å². The van der Waals surface area contributed by atoms with Gasteiger partial charge in [-0.15, -0.1) is 11.3 Å². The maximum Gasteiger partial charge on any atom is 0.0891 e. The minimum absolute atomic E-state index is 1.03. The van der Waals surface area contributed by atoms with Crippen molar-refractivity contribution >= 4 is 31.6 Å². The summed E-state index contributed by atoms with van der Waals surface area (Å²) in [5.41, 5.74) is 6.83. The third-order valence-corrected chi connectivity index (χ3v) is 5.29. The van der Waals surface area contributed by atoms with E-state index in [1.165, 1.54) is 37.0 Å². The zero-order valence-corrected chi connectivity index (χ0v) is 11.6. The summed E-state index contributed by atoms with van der Waals surface area (Å²) in [6, 6.07) is 17.4. The van der Waals surface area contributed by atoms with Crippen LogP contribution >= 0.6 is 11.3 Å². The van der Waals surface area contributed by atoms with Crippen LogP contribution in [0.25, 0.3) is 31.4 Å². The monoisotopic (exact) mass is 273 g/mol. The number of rotatable bonds is 0. The number of benzene rings is 2. The molecular formula is C18H11NS. The average molecular weight is 273 g/mol. The third kappa shape index (κ3) is 1.24. The predicted molar refractivity (Wildman–Crippen MR) is 85.4 cm³/mol. The predicted octanol–water partition coefficient (Wildman–Crippen LogP) is 5.02. The molecular weight excluding hydrogens is 262 g/mol. The van der Waals surface area contributed by atoms with Gasteiger partial charge in [-0.1, -0.05) is 30.3 Å². The van der Waals surface area contributed by atoms with Gasteiger partial charge in [-0.3, -0.25) is 4.98 Å². The summed E-state index contributed by atoms with van der Waals surface area (Å²) in [7, 11) is 0. The Kier molecular flexibility index (Phi) is 1.94. The molecule has 0 amide bonds. The smallest absolute Gasteiger partial charge is 0.0891 e. The number of hydrogen-bond acceptors (Lipinski definition) is 2. The van der Waals surface area contributed by atoms with Crippen LogP contribution in [-0.2, 0) is 6.42 Å². The van der Waals surface area contributed by atoms with Crippen LogP contribution in [0.3, 0.4) is 0 Å². The maximum absolute atomic E-state index is 4.62. The highest BCUT2D eigenvalue weighted by Crippen LogP contribution is 2.44. The molecule has 0 N–H and O–H groups in total. The molecule has 2 aromatic carbocycles. The molecule has 20 heavy (non-hydrogen) atoms. The van der Waals surface area contributed by atoms with E-state index in [4.69, 9.17) is 0 Å². The van der Waals surface area contributed by atoms with Gasteiger partial charge in [0.2, 0.25) is 0 Å². The molecule has 2 heterocycles. The second-order valence-electron chi connectivity index (χ2n) is 5.25. The van der Waals surface area contributed by atoms with Gasteiger partial charge in [0.1, 0.15) is 0 Å². The Hall–Kier alpha value is -2.19. The first-order valence-corrected chi connectivity index (χ1v) is 7.61. The Morgan fingerprint density at radius 3 is 2.80 bits per heavy atom.